The molecule has 0 atom stereocenters. The van der Waals surface area contributed by atoms with Gasteiger partial charge in [-0.15, -0.1) is 0 Å². The number of rotatable bonds is 0. The van der Waals surface area contributed by atoms with Crippen LogP contribution >= 0.6 is 0 Å². The molecular formula is CO2Re. The van der Waals surface area contributed by atoms with Crippen molar-refractivity contribution in [1.29, 1.82) is 0 Å². The molecule has 1 radical (unpaired) electrons. The molecular weight excluding hydrogens is 230 g/mol. The van der Waals surface area contributed by atoms with Crippen LogP contribution in [0.2, 0.25) is 0 Å². The second-order valence-electron chi connectivity index (χ2n) is 0.0833. The molecule has 0 aromatic rings. The van der Waals surface area contributed by atoms with Gasteiger partial charge in [0.2, 0.25) is 0 Å². The van der Waals surface area contributed by atoms with Gasteiger partial charge in [-0.3, -0.25) is 0 Å². The minimum Gasteiger partial charge on any atom is -0.186 e. The predicted molar refractivity (Wildman–Crippen MR) is 5.01 cm³/mol. The molecule has 0 spiro atoms. The van der Waals surface area contributed by atoms with E-state index in [1.54, 1.807) is 0 Å². The summed E-state index contributed by atoms with van der Waals surface area (Å²) in [4.78, 5) is 16.2. The Kier molecular flexibility index (Phi) is 26.2. The Bertz CT molecular complexity index is 27.0. The summed E-state index contributed by atoms with van der Waals surface area (Å²) in [7, 11) is 0. The zero-order valence-electron chi connectivity index (χ0n) is 1.69. The summed E-state index contributed by atoms with van der Waals surface area (Å²) in [5.41, 5.74) is 0. The van der Waals surface area contributed by atoms with E-state index in [9.17, 15) is 0 Å². The van der Waals surface area contributed by atoms with Gasteiger partial charge in [0.1, 0.15) is 0 Å². The summed E-state index contributed by atoms with van der Waals surface area (Å²) in [6.45, 7) is 0. The SMILES string of the molecule is O=C=O.[Re]. The van der Waals surface area contributed by atoms with Crippen molar-refractivity contribution < 1.29 is 30.0 Å². The Hall–Kier alpha value is 0.0423. The minimum atomic E-state index is 0. The third kappa shape index (κ3) is 1240. The van der Waals surface area contributed by atoms with Crippen LogP contribution in [0.3, 0.4) is 0 Å². The molecule has 0 bridgehead atoms. The molecule has 2 nitrogen and oxygen atoms in total. The quantitative estimate of drug-likeness (QED) is 0.557. The molecule has 4 heavy (non-hydrogen) atoms. The van der Waals surface area contributed by atoms with Crippen LogP contribution in [0.25, 0.3) is 0 Å². The van der Waals surface area contributed by atoms with E-state index < -0.39 is 0 Å². The zero-order chi connectivity index (χ0) is 2.71. The fourth-order valence-corrected chi connectivity index (χ4v) is 0. The van der Waals surface area contributed by atoms with Gasteiger partial charge in [0, 0.05) is 20.4 Å². The van der Waals surface area contributed by atoms with Crippen LogP contribution in [0.1, 0.15) is 0 Å². The van der Waals surface area contributed by atoms with Gasteiger partial charge >= 0.3 is 6.15 Å². The number of carbonyl (C=O) groups excluding carboxylic acids is 2. The fraction of sp³-hybridized carbons (Fsp3) is 0. The van der Waals surface area contributed by atoms with Gasteiger partial charge in [0.25, 0.3) is 0 Å². The second kappa shape index (κ2) is 11.7. The van der Waals surface area contributed by atoms with E-state index in [0.717, 1.165) is 0 Å². The van der Waals surface area contributed by atoms with Crippen LogP contribution < -0.4 is 0 Å². The third-order valence-corrected chi connectivity index (χ3v) is 0. The number of hydrogen-bond acceptors (Lipinski definition) is 2. The molecule has 3 heteroatoms. The fourth-order valence-electron chi connectivity index (χ4n) is 0. The molecule has 0 aliphatic rings. The van der Waals surface area contributed by atoms with E-state index >= 15 is 0 Å². The average molecular weight is 230 g/mol. The van der Waals surface area contributed by atoms with Crippen LogP contribution in [0, 0.1) is 0 Å². The smallest absolute Gasteiger partial charge is 0.186 e. The minimum absolute atomic E-state index is 0. The topological polar surface area (TPSA) is 34.1 Å². The van der Waals surface area contributed by atoms with E-state index in [-0.39, 0.29) is 26.6 Å². The molecule has 0 rings (SSSR count). The van der Waals surface area contributed by atoms with Crippen molar-refractivity contribution in [3.63, 3.8) is 0 Å². The molecule has 0 heterocycles. The third-order valence-electron chi connectivity index (χ3n) is 0. The molecule has 0 saturated heterocycles. The summed E-state index contributed by atoms with van der Waals surface area (Å²) in [5.74, 6) is 0. The first kappa shape index (κ1) is 8.97. The van der Waals surface area contributed by atoms with Crippen molar-refractivity contribution in [2.24, 2.45) is 0 Å². The molecule has 0 aromatic carbocycles. The van der Waals surface area contributed by atoms with Crippen molar-refractivity contribution in [1.82, 2.24) is 0 Å². The van der Waals surface area contributed by atoms with Crippen LogP contribution in [-0.2, 0) is 30.0 Å². The van der Waals surface area contributed by atoms with Crippen molar-refractivity contribution in [3.05, 3.63) is 0 Å². The van der Waals surface area contributed by atoms with Crippen molar-refractivity contribution >= 4 is 6.15 Å². The van der Waals surface area contributed by atoms with Gasteiger partial charge in [0.05, 0.1) is 0 Å². The first-order valence-electron chi connectivity index (χ1n) is 0.408. The van der Waals surface area contributed by atoms with E-state index in [4.69, 9.17) is 9.59 Å². The standard InChI is InChI=1S/CO2.Re/c2-1-3;. The Morgan fingerprint density at radius 1 is 1.25 bits per heavy atom. The first-order chi connectivity index (χ1) is 1.41. The number of hydrogen-bond donors (Lipinski definition) is 0. The Labute approximate surface area is 36.8 Å². The second-order valence-corrected chi connectivity index (χ2v) is 0.0833. The molecule has 0 N–H and O–H groups in total. The molecule has 0 aromatic heterocycles. The maximum Gasteiger partial charge on any atom is 0.373 e. The Balaban J connectivity index is 0. The van der Waals surface area contributed by atoms with Crippen LogP contribution in [0.15, 0.2) is 0 Å². The summed E-state index contributed by atoms with van der Waals surface area (Å²) >= 11 is 0. The van der Waals surface area contributed by atoms with Gasteiger partial charge in [-0.25, -0.2) is 0 Å². The summed E-state index contributed by atoms with van der Waals surface area (Å²) in [6, 6.07) is 0. The predicted octanol–water partition coefficient (Wildman–Crippen LogP) is -0.586. The maximum atomic E-state index is 8.12. The summed E-state index contributed by atoms with van der Waals surface area (Å²) < 4.78 is 0. The molecule has 0 aliphatic carbocycles. The van der Waals surface area contributed by atoms with E-state index in [0.29, 0.717) is 0 Å². The molecule has 0 amide bonds. The van der Waals surface area contributed by atoms with E-state index in [2.05, 4.69) is 0 Å². The van der Waals surface area contributed by atoms with Crippen molar-refractivity contribution in [2.75, 3.05) is 0 Å². The van der Waals surface area contributed by atoms with Crippen LogP contribution in [-0.4, -0.2) is 6.15 Å². The average Bonchev–Trinajstić information content (AvgIpc) is 0.918. The van der Waals surface area contributed by atoms with Crippen LogP contribution in [0.4, 0.5) is 0 Å². The monoisotopic (exact) mass is 231 g/mol. The summed E-state index contributed by atoms with van der Waals surface area (Å²) in [6.07, 6.45) is 0.250. The Morgan fingerprint density at radius 2 is 1.25 bits per heavy atom. The van der Waals surface area contributed by atoms with E-state index in [1.165, 1.54) is 0 Å². The first-order valence-corrected chi connectivity index (χ1v) is 0.408. The van der Waals surface area contributed by atoms with Crippen molar-refractivity contribution in [2.45, 2.75) is 0 Å². The molecule has 0 unspecified atom stereocenters. The van der Waals surface area contributed by atoms with Crippen LogP contribution in [0.5, 0.6) is 0 Å². The normalized spacial score (nSPS) is 2.00. The van der Waals surface area contributed by atoms with E-state index in [1.807, 2.05) is 0 Å². The van der Waals surface area contributed by atoms with Gasteiger partial charge < -0.3 is 0 Å². The van der Waals surface area contributed by atoms with Gasteiger partial charge in [-0.2, -0.15) is 9.59 Å². The molecule has 0 fully saturated rings. The van der Waals surface area contributed by atoms with Gasteiger partial charge in [-0.1, -0.05) is 0 Å². The zero-order valence-corrected chi connectivity index (χ0v) is 4.41. The summed E-state index contributed by atoms with van der Waals surface area (Å²) in [5, 5.41) is 0. The molecule has 0 saturated carbocycles. The maximum absolute atomic E-state index is 8.12. The van der Waals surface area contributed by atoms with Gasteiger partial charge in [-0.05, 0) is 0 Å². The Morgan fingerprint density at radius 3 is 1.25 bits per heavy atom. The largest absolute Gasteiger partial charge is 0.373 e. The van der Waals surface area contributed by atoms with Gasteiger partial charge in [0.15, 0.2) is 0 Å². The molecule has 23 valence electrons. The van der Waals surface area contributed by atoms with Crippen molar-refractivity contribution in [3.8, 4) is 0 Å². The molecule has 0 aliphatic heterocycles.